The van der Waals surface area contributed by atoms with Crippen molar-refractivity contribution in [3.8, 4) is 11.4 Å². The van der Waals surface area contributed by atoms with Crippen molar-refractivity contribution in [3.05, 3.63) is 64.6 Å². The molecule has 0 spiro atoms. The number of nitrogens with one attached hydrogen (secondary N) is 2. The molecule has 4 rings (SSSR count). The van der Waals surface area contributed by atoms with Crippen LogP contribution in [0, 0.1) is 0 Å². The molecule has 1 aromatic heterocycles. The number of esters is 1. The molecule has 0 saturated carbocycles. The van der Waals surface area contributed by atoms with E-state index in [0.717, 1.165) is 19.1 Å². The molecule has 2 aromatic carbocycles. The number of hydrogen-bond donors (Lipinski definition) is 2. The zero-order valence-electron chi connectivity index (χ0n) is 25.8. The van der Waals surface area contributed by atoms with Gasteiger partial charge in [-0.15, -0.1) is 0 Å². The second-order valence-corrected chi connectivity index (χ2v) is 8.01. The van der Waals surface area contributed by atoms with Crippen LogP contribution in [-0.4, -0.2) is 78.0 Å². The Morgan fingerprint density at radius 1 is 1.16 bits per heavy atom. The fourth-order valence-corrected chi connectivity index (χ4v) is 3.70. The maximum atomic E-state index is 13.5. The van der Waals surface area contributed by atoms with E-state index in [0.29, 0.717) is 5.56 Å². The molecule has 1 saturated heterocycles. The van der Waals surface area contributed by atoms with Crippen molar-refractivity contribution < 1.29 is 41.4 Å². The van der Waals surface area contributed by atoms with Crippen LogP contribution >= 0.6 is 0 Å². The predicted octanol–water partition coefficient (Wildman–Crippen LogP) is 1.03. The summed E-state index contributed by atoms with van der Waals surface area (Å²) in [5.74, 6) is -4.34. The van der Waals surface area contributed by atoms with Crippen molar-refractivity contribution >= 4 is 35.1 Å². The third kappa shape index (κ3) is 5.78. The van der Waals surface area contributed by atoms with Gasteiger partial charge < -0.3 is 24.6 Å². The van der Waals surface area contributed by atoms with Gasteiger partial charge in [-0.2, -0.15) is 0 Å². The highest BCUT2D eigenvalue weighted by Gasteiger charge is 2.42. The summed E-state index contributed by atoms with van der Waals surface area (Å²) in [4.78, 5) is 65.9. The Labute approximate surface area is 224 Å². The summed E-state index contributed by atoms with van der Waals surface area (Å²) in [5.41, 5.74) is 0.698. The maximum Gasteiger partial charge on any atom is 0.439 e. The van der Waals surface area contributed by atoms with E-state index in [9.17, 15) is 24.0 Å². The van der Waals surface area contributed by atoms with Gasteiger partial charge in [0.1, 0.15) is 0 Å². The number of aromatic nitrogens is 2. The number of H-pyrrole nitrogens is 1. The smallest absolute Gasteiger partial charge is 0.439 e. The molecule has 0 bridgehead atoms. The molecule has 0 radical (unpaired) electrons. The maximum absolute atomic E-state index is 13.5. The quantitative estimate of drug-likeness (QED) is 0.425. The fraction of sp³-hybridized carbons (Fsp3) is 0.280. The average molecular weight is 530 g/mol. The van der Waals surface area contributed by atoms with Crippen LogP contribution < -0.4 is 16.0 Å². The van der Waals surface area contributed by atoms with Crippen molar-refractivity contribution in [2.75, 3.05) is 37.3 Å². The molecular weight excluding hydrogens is 498 g/mol. The van der Waals surface area contributed by atoms with Gasteiger partial charge >= 0.3 is 11.7 Å². The van der Waals surface area contributed by atoms with Gasteiger partial charge in [0, 0.05) is 58.1 Å². The molecular formula is C25H25N5O8. The first-order valence-electron chi connectivity index (χ1n) is 14.1. The predicted molar refractivity (Wildman–Crippen MR) is 133 cm³/mol. The summed E-state index contributed by atoms with van der Waals surface area (Å²) in [6, 6.07) is 10.9. The van der Waals surface area contributed by atoms with E-state index in [2.05, 4.69) is 20.0 Å². The Balaban J connectivity index is 1.51. The van der Waals surface area contributed by atoms with Crippen LogP contribution in [0.2, 0.25) is 0 Å². The molecule has 3 amide bonds. The molecule has 1 fully saturated rings. The minimum atomic E-state index is -3.24. The van der Waals surface area contributed by atoms with Crippen LogP contribution in [0.1, 0.15) is 25.5 Å². The van der Waals surface area contributed by atoms with Gasteiger partial charge in [0.15, 0.2) is 11.9 Å². The van der Waals surface area contributed by atoms with E-state index >= 15 is 0 Å². The van der Waals surface area contributed by atoms with Gasteiger partial charge in [0.25, 0.3) is 17.7 Å². The summed E-state index contributed by atoms with van der Waals surface area (Å²) < 4.78 is 59.8. The van der Waals surface area contributed by atoms with Gasteiger partial charge in [-0.05, 0) is 48.5 Å². The minimum absolute atomic E-state index is 0.0132. The third-order valence-corrected chi connectivity index (χ3v) is 5.44. The number of nitrogens with zero attached hydrogens (tertiary/aromatic N) is 3. The second-order valence-electron chi connectivity index (χ2n) is 8.01. The Bertz CT molecular complexity index is 1590. The van der Waals surface area contributed by atoms with Crippen molar-refractivity contribution in [2.24, 2.45) is 0 Å². The number of aromatic amines is 1. The lowest BCUT2D eigenvalue weighted by Gasteiger charge is -2.35. The fourth-order valence-electron chi connectivity index (χ4n) is 3.70. The van der Waals surface area contributed by atoms with Gasteiger partial charge in [-0.25, -0.2) is 4.79 Å². The highest BCUT2D eigenvalue weighted by atomic mass is 16.6. The van der Waals surface area contributed by atoms with Crippen molar-refractivity contribution in [3.63, 3.8) is 0 Å². The van der Waals surface area contributed by atoms with Crippen LogP contribution in [0.25, 0.3) is 11.4 Å². The largest absolute Gasteiger partial charge is 0.449 e. The molecule has 1 aliphatic rings. The first kappa shape index (κ1) is 19.3. The number of carbonyl (C=O) groups is 4. The second kappa shape index (κ2) is 11.1. The van der Waals surface area contributed by atoms with Gasteiger partial charge in [0.2, 0.25) is 6.10 Å². The van der Waals surface area contributed by atoms with Gasteiger partial charge in [-0.3, -0.25) is 28.7 Å². The van der Waals surface area contributed by atoms with E-state index in [4.69, 9.17) is 17.7 Å². The highest BCUT2D eigenvalue weighted by molar-refractivity contribution is 6.05. The lowest BCUT2D eigenvalue weighted by atomic mass is 10.1. The minimum Gasteiger partial charge on any atom is -0.449 e. The number of morpholine rings is 1. The summed E-state index contributed by atoms with van der Waals surface area (Å²) in [7, 11) is 0. The molecule has 2 N–H and O–H groups in total. The van der Waals surface area contributed by atoms with Crippen LogP contribution in [0.15, 0.2) is 57.8 Å². The first-order valence-corrected chi connectivity index (χ1v) is 11.1. The average Bonchev–Trinajstić information content (AvgIpc) is 3.37. The molecule has 2 heterocycles. The van der Waals surface area contributed by atoms with Crippen molar-refractivity contribution in [1.82, 2.24) is 15.0 Å². The number of ether oxygens (including phenoxy) is 2. The van der Waals surface area contributed by atoms with Crippen molar-refractivity contribution in [2.45, 2.75) is 19.1 Å². The highest BCUT2D eigenvalue weighted by Crippen LogP contribution is 2.24. The molecule has 198 valence electrons. The number of rotatable bonds is 7. The summed E-state index contributed by atoms with van der Waals surface area (Å²) in [5, 5.41) is 6.11. The zero-order valence-corrected chi connectivity index (χ0v) is 19.8. The van der Waals surface area contributed by atoms with E-state index < -0.39 is 55.6 Å². The molecule has 13 heteroatoms. The lowest BCUT2D eigenvalue weighted by molar-refractivity contribution is -0.167. The summed E-state index contributed by atoms with van der Waals surface area (Å²) in [6.45, 7) is -5.48. The third-order valence-electron chi connectivity index (χ3n) is 5.44. The summed E-state index contributed by atoms with van der Waals surface area (Å²) >= 11 is 0. The standard InChI is InChI=1S/C25H25N5O8/c1-14(31)37-19(22(32)26-17-8-4-15(5-9-17)21-27-25(35)38-28-21)20-24(34)30(12-13-36-20)18-10-6-16(7-11-18)23(33)29(2)3/h4-11,19-20H,12-13H2,1-3H3,(H,26,32)(H,27,28,35)/t19-,20-/m1/s1/i2D3,3D3. The van der Waals surface area contributed by atoms with E-state index in [-0.39, 0.29) is 40.8 Å². The molecule has 3 aromatic rings. The molecule has 1 aliphatic heterocycles. The topological polar surface area (TPSA) is 164 Å². The Morgan fingerprint density at radius 2 is 1.87 bits per heavy atom. The number of hydrogen-bond acceptors (Lipinski definition) is 9. The van der Waals surface area contributed by atoms with Crippen LogP contribution in [0.4, 0.5) is 11.4 Å². The molecule has 0 unspecified atom stereocenters. The molecule has 0 aliphatic carbocycles. The lowest BCUT2D eigenvalue weighted by Crippen LogP contribution is -2.56. The van der Waals surface area contributed by atoms with E-state index in [1.54, 1.807) is 0 Å². The molecule has 13 nitrogen and oxygen atoms in total. The van der Waals surface area contributed by atoms with Gasteiger partial charge in [-0.1, -0.05) is 5.16 Å². The van der Waals surface area contributed by atoms with Crippen LogP contribution in [0.5, 0.6) is 0 Å². The van der Waals surface area contributed by atoms with E-state index in [1.807, 2.05) is 0 Å². The van der Waals surface area contributed by atoms with E-state index in [1.165, 1.54) is 41.3 Å². The first-order chi connectivity index (χ1) is 20.6. The van der Waals surface area contributed by atoms with Gasteiger partial charge in [0.05, 0.1) is 6.61 Å². The Hall–Kier alpha value is -4.78. The van der Waals surface area contributed by atoms with Crippen LogP contribution in [-0.2, 0) is 23.9 Å². The molecule has 2 atom stereocenters. The van der Waals surface area contributed by atoms with Crippen molar-refractivity contribution in [1.29, 1.82) is 0 Å². The number of benzene rings is 2. The molecule has 38 heavy (non-hydrogen) atoms. The SMILES string of the molecule is [2H]C([2H])([2H])N(C(=O)c1ccc(N2CCO[C@H]([C@@H](OC(C)=O)C(=O)Nc3ccc(-c4noc(=O)[nH]4)cc3)C2=O)cc1)C([2H])([2H])[2H]. The Kier molecular flexibility index (Phi) is 5.65. The summed E-state index contributed by atoms with van der Waals surface area (Å²) in [6.07, 6.45) is -3.27. The zero-order chi connectivity index (χ0) is 32.4. The number of carbonyl (C=O) groups excluding carboxylic acids is 4. The number of anilines is 2. The Morgan fingerprint density at radius 3 is 2.47 bits per heavy atom. The number of amides is 3. The normalized spacial score (nSPS) is 19.0. The monoisotopic (exact) mass is 529 g/mol. The van der Waals surface area contributed by atoms with Crippen LogP contribution in [0.3, 0.4) is 0 Å².